The fourth-order valence-electron chi connectivity index (χ4n) is 12.0. The highest BCUT2D eigenvalue weighted by molar-refractivity contribution is 6.16. The van der Waals surface area contributed by atoms with Crippen LogP contribution in [0.1, 0.15) is 101 Å². The number of benzene rings is 7. The molecule has 1 heteroatoms. The van der Waals surface area contributed by atoms with Gasteiger partial charge in [0.1, 0.15) is 0 Å². The van der Waals surface area contributed by atoms with E-state index in [1.165, 1.54) is 77.9 Å². The van der Waals surface area contributed by atoms with E-state index in [2.05, 4.69) is 185 Å². The molecular formula is C56H42O. The van der Waals surface area contributed by atoms with E-state index in [9.17, 15) is 0 Å². The third kappa shape index (κ3) is 4.02. The molecule has 0 bridgehead atoms. The molecule has 0 heterocycles. The van der Waals surface area contributed by atoms with E-state index in [1.54, 1.807) is 0 Å². The molecule has 7 aromatic carbocycles. The molecule has 272 valence electrons. The second-order valence-electron chi connectivity index (χ2n) is 17.8. The van der Waals surface area contributed by atoms with Gasteiger partial charge in [-0.3, -0.25) is 4.79 Å². The highest BCUT2D eigenvalue weighted by Gasteiger charge is 2.53. The van der Waals surface area contributed by atoms with Crippen molar-refractivity contribution in [3.8, 4) is 44.5 Å². The minimum absolute atomic E-state index is 0.103. The summed E-state index contributed by atoms with van der Waals surface area (Å²) in [5.74, 6) is 0.103. The van der Waals surface area contributed by atoms with E-state index in [0.717, 1.165) is 46.2 Å². The Kier molecular flexibility index (Phi) is 6.45. The van der Waals surface area contributed by atoms with Crippen LogP contribution < -0.4 is 0 Å². The van der Waals surface area contributed by atoms with Crippen LogP contribution in [0.4, 0.5) is 0 Å². The summed E-state index contributed by atoms with van der Waals surface area (Å²) in [5, 5.41) is 0. The van der Waals surface area contributed by atoms with Crippen LogP contribution in [0.25, 0.3) is 50.1 Å². The van der Waals surface area contributed by atoms with Crippen LogP contribution >= 0.6 is 0 Å². The summed E-state index contributed by atoms with van der Waals surface area (Å²) in [4.78, 5) is 15.5. The second-order valence-corrected chi connectivity index (χ2v) is 17.8. The lowest BCUT2D eigenvalue weighted by atomic mass is 9.60. The smallest absolute Gasteiger partial charge is 0.193 e. The van der Waals surface area contributed by atoms with Crippen molar-refractivity contribution in [3.05, 3.63) is 219 Å². The molecule has 7 aromatic rings. The number of allylic oxidation sites excluding steroid dienone is 4. The van der Waals surface area contributed by atoms with Crippen molar-refractivity contribution in [1.29, 1.82) is 0 Å². The van der Waals surface area contributed by atoms with Gasteiger partial charge in [0, 0.05) is 22.0 Å². The van der Waals surface area contributed by atoms with Gasteiger partial charge in [0.15, 0.2) is 5.78 Å². The number of fused-ring (bicyclic) bond motifs is 14. The molecule has 5 aliphatic rings. The molecular weight excluding hydrogens is 689 g/mol. The van der Waals surface area contributed by atoms with Gasteiger partial charge in [0.05, 0.1) is 5.41 Å². The Balaban J connectivity index is 1.12. The molecule has 57 heavy (non-hydrogen) atoms. The summed E-state index contributed by atoms with van der Waals surface area (Å²) < 4.78 is 0. The average molecular weight is 731 g/mol. The first kappa shape index (κ1) is 32.9. The zero-order valence-electron chi connectivity index (χ0n) is 32.8. The van der Waals surface area contributed by atoms with E-state index in [0.29, 0.717) is 0 Å². The average Bonchev–Trinajstić information content (AvgIpc) is 3.78. The molecule has 12 rings (SSSR count). The Morgan fingerprint density at radius 1 is 0.421 bits per heavy atom. The van der Waals surface area contributed by atoms with Crippen LogP contribution in [-0.4, -0.2) is 5.78 Å². The SMILES string of the molecule is CC1(C)c2ccccc2-c2cccc(-c3ccc4c(c3)C(=O)c3cc(-c5cccc6c5C(C)(C)c5ccccc5-6)ccc3C43C4=C(CCC=C4)c4ccccc43)c21. The number of hydrogen-bond acceptors (Lipinski definition) is 1. The standard InChI is InChI=1S/C56H42O/c1-54(2)45-23-9-5-17-39(45)41-21-13-19-35(51(41)54)33-27-29-49-43(31-33)53(57)44-32-34(36-20-14-22-42-40-18-6-10-24-46(40)55(3,4)52(36)42)28-30-50(44)56(49)47-25-11-7-15-37(47)38-16-8-12-26-48(38)56/h5-7,9-15,17-32H,8,16H2,1-4H3. The molecule has 0 amide bonds. The molecule has 0 N–H and O–H groups in total. The van der Waals surface area contributed by atoms with Gasteiger partial charge in [-0.2, -0.15) is 0 Å². The Morgan fingerprint density at radius 3 is 1.40 bits per heavy atom. The van der Waals surface area contributed by atoms with Crippen molar-refractivity contribution < 1.29 is 4.79 Å². The zero-order valence-corrected chi connectivity index (χ0v) is 32.8. The van der Waals surface area contributed by atoms with Crippen molar-refractivity contribution >= 4 is 11.4 Å². The monoisotopic (exact) mass is 730 g/mol. The molecule has 0 aromatic heterocycles. The third-order valence-corrected chi connectivity index (χ3v) is 14.3. The Hall–Kier alpha value is -6.31. The number of ketones is 1. The van der Waals surface area contributed by atoms with Crippen molar-refractivity contribution in [2.75, 3.05) is 0 Å². The molecule has 0 fully saturated rings. The molecule has 1 spiro atoms. The van der Waals surface area contributed by atoms with Crippen molar-refractivity contribution in [2.24, 2.45) is 0 Å². The van der Waals surface area contributed by atoms with Gasteiger partial charge < -0.3 is 0 Å². The summed E-state index contributed by atoms with van der Waals surface area (Å²) in [5.41, 5.74) is 23.3. The first-order valence-corrected chi connectivity index (χ1v) is 20.5. The first-order valence-electron chi connectivity index (χ1n) is 20.5. The van der Waals surface area contributed by atoms with Gasteiger partial charge in [0.2, 0.25) is 0 Å². The Labute approximate surface area is 335 Å². The van der Waals surface area contributed by atoms with E-state index in [-0.39, 0.29) is 16.6 Å². The number of rotatable bonds is 2. The van der Waals surface area contributed by atoms with Crippen LogP contribution in [0.15, 0.2) is 163 Å². The second kappa shape index (κ2) is 11.2. The maximum Gasteiger partial charge on any atom is 0.193 e. The molecule has 1 nitrogen and oxygen atoms in total. The van der Waals surface area contributed by atoms with Gasteiger partial charge in [-0.05, 0) is 125 Å². The first-order chi connectivity index (χ1) is 27.7. The van der Waals surface area contributed by atoms with Gasteiger partial charge in [-0.25, -0.2) is 0 Å². The Bertz CT molecular complexity index is 2870. The summed E-state index contributed by atoms with van der Waals surface area (Å²) in [6, 6.07) is 53.7. The molecule has 0 saturated heterocycles. The van der Waals surface area contributed by atoms with Crippen LogP contribution in [0, 0.1) is 0 Å². The molecule has 5 aliphatic carbocycles. The minimum atomic E-state index is -0.596. The van der Waals surface area contributed by atoms with Gasteiger partial charge in [0.25, 0.3) is 0 Å². The van der Waals surface area contributed by atoms with Crippen molar-refractivity contribution in [3.63, 3.8) is 0 Å². The van der Waals surface area contributed by atoms with E-state index in [4.69, 9.17) is 0 Å². The molecule has 0 unspecified atom stereocenters. The van der Waals surface area contributed by atoms with Crippen molar-refractivity contribution in [2.45, 2.75) is 56.8 Å². The largest absolute Gasteiger partial charge is 0.289 e. The molecule has 0 saturated carbocycles. The highest BCUT2D eigenvalue weighted by atomic mass is 16.1. The Morgan fingerprint density at radius 2 is 0.860 bits per heavy atom. The van der Waals surface area contributed by atoms with Gasteiger partial charge in [-0.15, -0.1) is 0 Å². The maximum absolute atomic E-state index is 15.5. The molecule has 0 radical (unpaired) electrons. The molecule has 0 atom stereocenters. The topological polar surface area (TPSA) is 17.1 Å². The van der Waals surface area contributed by atoms with Crippen LogP contribution in [0.3, 0.4) is 0 Å². The fraction of sp³-hybridized carbons (Fsp3) is 0.161. The number of hydrogen-bond donors (Lipinski definition) is 0. The minimum Gasteiger partial charge on any atom is -0.289 e. The third-order valence-electron chi connectivity index (χ3n) is 14.3. The zero-order chi connectivity index (χ0) is 38.4. The quantitative estimate of drug-likeness (QED) is 0.173. The summed E-state index contributed by atoms with van der Waals surface area (Å²) in [6.07, 6.45) is 6.73. The van der Waals surface area contributed by atoms with E-state index in [1.807, 2.05) is 0 Å². The lowest BCUT2D eigenvalue weighted by Gasteiger charge is -2.41. The van der Waals surface area contributed by atoms with Gasteiger partial charge >= 0.3 is 0 Å². The fourth-order valence-corrected chi connectivity index (χ4v) is 12.0. The predicted octanol–water partition coefficient (Wildman–Crippen LogP) is 13.6. The summed E-state index contributed by atoms with van der Waals surface area (Å²) in [7, 11) is 0. The van der Waals surface area contributed by atoms with Gasteiger partial charge in [-0.1, -0.05) is 173 Å². The lowest BCUT2D eigenvalue weighted by molar-refractivity contribution is 0.103. The van der Waals surface area contributed by atoms with Crippen LogP contribution in [-0.2, 0) is 16.2 Å². The normalized spacial score (nSPS) is 17.6. The summed E-state index contributed by atoms with van der Waals surface area (Å²) in [6.45, 7) is 9.37. The number of carbonyl (C=O) groups is 1. The van der Waals surface area contributed by atoms with Crippen LogP contribution in [0.5, 0.6) is 0 Å². The summed E-state index contributed by atoms with van der Waals surface area (Å²) >= 11 is 0. The molecule has 0 aliphatic heterocycles. The maximum atomic E-state index is 15.5. The van der Waals surface area contributed by atoms with E-state index >= 15 is 4.79 Å². The van der Waals surface area contributed by atoms with Crippen LogP contribution in [0.2, 0.25) is 0 Å². The van der Waals surface area contributed by atoms with E-state index < -0.39 is 5.41 Å². The predicted molar refractivity (Wildman–Crippen MR) is 234 cm³/mol. The highest BCUT2D eigenvalue weighted by Crippen LogP contribution is 2.61. The lowest BCUT2D eigenvalue weighted by Crippen LogP contribution is -2.37. The number of carbonyl (C=O) groups excluding carboxylic acids is 1. The van der Waals surface area contributed by atoms with Crippen molar-refractivity contribution in [1.82, 2.24) is 0 Å².